The van der Waals surface area contributed by atoms with Crippen molar-refractivity contribution < 1.29 is 0 Å². The number of rotatable bonds is 8. The van der Waals surface area contributed by atoms with E-state index in [-0.39, 0.29) is 0 Å². The molecule has 0 spiro atoms. The fraction of sp³-hybridized carbons (Fsp3) is 0.517. The SMILES string of the molecule is CCCCCCc1ccc([C@H]2CC[C@H](C#Cc3ccc(CCC)c(Cl)c3)CC2)cc1. The molecule has 1 heteroatoms. The monoisotopic (exact) mass is 420 g/mol. The largest absolute Gasteiger partial charge is 0.0945 e. The topological polar surface area (TPSA) is 0 Å². The lowest BCUT2D eigenvalue weighted by Crippen LogP contribution is -2.12. The fourth-order valence-electron chi connectivity index (χ4n) is 4.57. The van der Waals surface area contributed by atoms with E-state index in [0.29, 0.717) is 11.8 Å². The normalized spacial score (nSPS) is 18.6. The summed E-state index contributed by atoms with van der Waals surface area (Å²) in [7, 11) is 0. The average molecular weight is 421 g/mol. The summed E-state index contributed by atoms with van der Waals surface area (Å²) < 4.78 is 0. The van der Waals surface area contributed by atoms with Gasteiger partial charge in [0.1, 0.15) is 0 Å². The molecule has 1 aliphatic rings. The van der Waals surface area contributed by atoms with Gasteiger partial charge < -0.3 is 0 Å². The highest BCUT2D eigenvalue weighted by Crippen LogP contribution is 2.35. The minimum Gasteiger partial charge on any atom is -0.0945 e. The van der Waals surface area contributed by atoms with E-state index in [1.54, 1.807) is 0 Å². The van der Waals surface area contributed by atoms with Gasteiger partial charge in [0.15, 0.2) is 0 Å². The molecule has 0 heterocycles. The molecule has 0 aromatic heterocycles. The summed E-state index contributed by atoms with van der Waals surface area (Å²) in [6.45, 7) is 4.46. The van der Waals surface area contributed by atoms with E-state index in [2.05, 4.69) is 62.1 Å². The first-order valence-electron chi connectivity index (χ1n) is 12.1. The van der Waals surface area contributed by atoms with E-state index in [4.69, 9.17) is 11.6 Å². The molecular weight excluding hydrogens is 384 g/mol. The van der Waals surface area contributed by atoms with E-state index in [9.17, 15) is 0 Å². The van der Waals surface area contributed by atoms with E-state index >= 15 is 0 Å². The maximum absolute atomic E-state index is 6.40. The molecule has 1 saturated carbocycles. The third-order valence-corrected chi connectivity index (χ3v) is 6.84. The van der Waals surface area contributed by atoms with Crippen LogP contribution in [0.4, 0.5) is 0 Å². The Hall–Kier alpha value is -1.71. The molecule has 0 amide bonds. The van der Waals surface area contributed by atoms with Crippen molar-refractivity contribution in [2.75, 3.05) is 0 Å². The first kappa shape index (κ1) is 23.0. The number of benzene rings is 2. The molecule has 1 aliphatic carbocycles. The van der Waals surface area contributed by atoms with Crippen LogP contribution in [0.25, 0.3) is 0 Å². The number of hydrogen-bond acceptors (Lipinski definition) is 0. The Morgan fingerprint density at radius 3 is 2.27 bits per heavy atom. The van der Waals surface area contributed by atoms with Crippen molar-refractivity contribution in [1.29, 1.82) is 0 Å². The summed E-state index contributed by atoms with van der Waals surface area (Å²) in [6.07, 6.45) is 13.7. The predicted molar refractivity (Wildman–Crippen MR) is 131 cm³/mol. The number of aryl methyl sites for hydroxylation is 2. The second kappa shape index (κ2) is 12.2. The Bertz CT molecular complexity index is 829. The van der Waals surface area contributed by atoms with Gasteiger partial charge in [-0.3, -0.25) is 0 Å². The zero-order valence-corrected chi connectivity index (χ0v) is 19.6. The number of unbranched alkanes of at least 4 members (excludes halogenated alkanes) is 3. The van der Waals surface area contributed by atoms with E-state index in [1.807, 2.05) is 6.07 Å². The minimum atomic E-state index is 0.521. The van der Waals surface area contributed by atoms with Crippen LogP contribution in [-0.2, 0) is 12.8 Å². The van der Waals surface area contributed by atoms with Gasteiger partial charge in [-0.05, 0) is 79.7 Å². The molecule has 0 N–H and O–H groups in total. The molecule has 2 aromatic carbocycles. The van der Waals surface area contributed by atoms with Gasteiger partial charge in [-0.2, -0.15) is 0 Å². The molecule has 0 bridgehead atoms. The highest BCUT2D eigenvalue weighted by molar-refractivity contribution is 6.31. The van der Waals surface area contributed by atoms with Crippen molar-refractivity contribution in [3.8, 4) is 11.8 Å². The Morgan fingerprint density at radius 2 is 1.60 bits per heavy atom. The summed E-state index contributed by atoms with van der Waals surface area (Å²) in [6, 6.07) is 15.8. The highest BCUT2D eigenvalue weighted by atomic mass is 35.5. The lowest BCUT2D eigenvalue weighted by Gasteiger charge is -2.26. The van der Waals surface area contributed by atoms with Crippen LogP contribution < -0.4 is 0 Å². The molecule has 0 atom stereocenters. The molecule has 3 rings (SSSR count). The van der Waals surface area contributed by atoms with Gasteiger partial charge in [-0.1, -0.05) is 93.3 Å². The highest BCUT2D eigenvalue weighted by Gasteiger charge is 2.21. The second-order valence-electron chi connectivity index (χ2n) is 8.93. The Labute approximate surface area is 189 Å². The quantitative estimate of drug-likeness (QED) is 0.295. The molecule has 0 radical (unpaired) electrons. The summed E-state index contributed by atoms with van der Waals surface area (Å²) in [5.41, 5.74) is 5.31. The molecule has 0 nitrogen and oxygen atoms in total. The molecule has 30 heavy (non-hydrogen) atoms. The Balaban J connectivity index is 1.48. The van der Waals surface area contributed by atoms with Crippen molar-refractivity contribution >= 4 is 11.6 Å². The van der Waals surface area contributed by atoms with Crippen LogP contribution in [0.5, 0.6) is 0 Å². The molecular formula is C29H37Cl. The van der Waals surface area contributed by atoms with Gasteiger partial charge >= 0.3 is 0 Å². The van der Waals surface area contributed by atoms with E-state index < -0.39 is 0 Å². The van der Waals surface area contributed by atoms with Crippen molar-refractivity contribution in [3.63, 3.8) is 0 Å². The number of halogens is 1. The van der Waals surface area contributed by atoms with Crippen LogP contribution in [0, 0.1) is 17.8 Å². The van der Waals surface area contributed by atoms with Crippen LogP contribution in [0.2, 0.25) is 5.02 Å². The summed E-state index contributed by atoms with van der Waals surface area (Å²) in [4.78, 5) is 0. The Kier molecular flexibility index (Phi) is 9.35. The van der Waals surface area contributed by atoms with Gasteiger partial charge in [0.2, 0.25) is 0 Å². The van der Waals surface area contributed by atoms with Crippen LogP contribution in [-0.4, -0.2) is 0 Å². The minimum absolute atomic E-state index is 0.521. The first-order chi connectivity index (χ1) is 14.7. The first-order valence-corrected chi connectivity index (χ1v) is 12.5. The lowest BCUT2D eigenvalue weighted by molar-refractivity contribution is 0.384. The second-order valence-corrected chi connectivity index (χ2v) is 9.33. The van der Waals surface area contributed by atoms with Crippen LogP contribution in [0.15, 0.2) is 42.5 Å². The number of hydrogen-bond donors (Lipinski definition) is 0. The smallest absolute Gasteiger partial charge is 0.0450 e. The summed E-state index contributed by atoms with van der Waals surface area (Å²) in [5.74, 6) is 8.13. The Morgan fingerprint density at radius 1 is 0.833 bits per heavy atom. The van der Waals surface area contributed by atoms with Crippen molar-refractivity contribution in [3.05, 3.63) is 69.7 Å². The van der Waals surface area contributed by atoms with Crippen LogP contribution in [0.3, 0.4) is 0 Å². The van der Waals surface area contributed by atoms with Crippen molar-refractivity contribution in [2.45, 2.75) is 90.4 Å². The molecule has 0 unspecified atom stereocenters. The molecule has 2 aromatic rings. The third kappa shape index (κ3) is 6.92. The molecule has 160 valence electrons. The maximum Gasteiger partial charge on any atom is 0.0450 e. The summed E-state index contributed by atoms with van der Waals surface area (Å²) >= 11 is 6.40. The van der Waals surface area contributed by atoms with Crippen molar-refractivity contribution in [1.82, 2.24) is 0 Å². The van der Waals surface area contributed by atoms with Crippen LogP contribution in [0.1, 0.15) is 99.8 Å². The van der Waals surface area contributed by atoms with Gasteiger partial charge in [0.05, 0.1) is 0 Å². The van der Waals surface area contributed by atoms with E-state index in [0.717, 1.165) is 23.4 Å². The lowest BCUT2D eigenvalue weighted by atomic mass is 9.78. The van der Waals surface area contributed by atoms with Gasteiger partial charge in [-0.25, -0.2) is 0 Å². The predicted octanol–water partition coefficient (Wildman–Crippen LogP) is 8.74. The van der Waals surface area contributed by atoms with Gasteiger partial charge in [0.25, 0.3) is 0 Å². The summed E-state index contributed by atoms with van der Waals surface area (Å²) in [5, 5.41) is 0.862. The third-order valence-electron chi connectivity index (χ3n) is 6.49. The standard InChI is InChI=1S/C29H37Cl/c1-3-5-6-7-9-23-12-17-26(18-13-23)27-19-14-24(15-20-27)10-11-25-16-21-28(8-4-2)29(30)22-25/h12-13,16-18,21-22,24,27H,3-9,14-15,19-20H2,1-2H3/t24-,27-. The van der Waals surface area contributed by atoms with Gasteiger partial charge in [-0.15, -0.1) is 0 Å². The molecule has 1 fully saturated rings. The average Bonchev–Trinajstić information content (AvgIpc) is 2.78. The van der Waals surface area contributed by atoms with Crippen LogP contribution >= 0.6 is 11.6 Å². The zero-order valence-electron chi connectivity index (χ0n) is 18.9. The molecule has 0 saturated heterocycles. The van der Waals surface area contributed by atoms with E-state index in [1.165, 1.54) is 74.5 Å². The zero-order chi connectivity index (χ0) is 21.2. The maximum atomic E-state index is 6.40. The van der Waals surface area contributed by atoms with Gasteiger partial charge in [0, 0.05) is 16.5 Å². The fourth-order valence-corrected chi connectivity index (χ4v) is 4.84. The molecule has 0 aliphatic heterocycles. The van der Waals surface area contributed by atoms with Crippen molar-refractivity contribution in [2.24, 2.45) is 5.92 Å².